The lowest BCUT2D eigenvalue weighted by Crippen LogP contribution is -2.49. The lowest BCUT2D eigenvalue weighted by Gasteiger charge is -2.50. The van der Waals surface area contributed by atoms with Crippen LogP contribution < -0.4 is 19.1 Å². The van der Waals surface area contributed by atoms with Gasteiger partial charge in [-0.2, -0.15) is 5.26 Å². The number of aliphatic carboxylic acids is 1. The molecule has 3 heterocycles. The molecule has 3 atom stereocenters. The number of carboxylic acid groups (broad SMARTS) is 1. The van der Waals surface area contributed by atoms with E-state index in [1.165, 1.54) is 10.7 Å². The van der Waals surface area contributed by atoms with Gasteiger partial charge in [0.05, 0.1) is 36.1 Å². The van der Waals surface area contributed by atoms with Crippen molar-refractivity contribution in [1.29, 1.82) is 5.26 Å². The molecule has 0 spiro atoms. The van der Waals surface area contributed by atoms with E-state index in [2.05, 4.69) is 92.1 Å². The molecule has 2 aromatic heterocycles. The normalized spacial score (nSPS) is 20.5. The van der Waals surface area contributed by atoms with Gasteiger partial charge in [-0.15, -0.1) is 0 Å². The predicted octanol–water partition coefficient (Wildman–Crippen LogP) is 11.8. The number of carbonyl (C=O) groups is 2. The number of carbonyl (C=O) groups excluding carboxylic acids is 1. The molecular weight excluding hydrogens is 893 g/mol. The number of carboxylic acids is 1. The molecule has 14 nitrogen and oxygen atoms in total. The Balaban J connectivity index is 1.44. The summed E-state index contributed by atoms with van der Waals surface area (Å²) < 4.78 is 53.4. The SMILES string of the molecule is CCCOc1cc(S(=O)(=O)Nc2cc(-c3nc4c(C(=O)OC5C(C(C)(C)C)CC(C)CC5C(C)(C)C)c(C#N)cn4[nH]3)ccc2N2CCCC(C(=O)O)C2)c(OCCC)cc1CC(C)(C)CC(C)C. The van der Waals surface area contributed by atoms with Crippen LogP contribution in [0.1, 0.15) is 156 Å². The summed E-state index contributed by atoms with van der Waals surface area (Å²) in [6.45, 7) is 29.5. The number of fused-ring (bicyclic) bond motifs is 1. The molecule has 2 aliphatic rings. The highest BCUT2D eigenvalue weighted by Crippen LogP contribution is 2.50. The first-order chi connectivity index (χ1) is 32.3. The zero-order chi connectivity index (χ0) is 50.8. The van der Waals surface area contributed by atoms with Crippen LogP contribution in [0.5, 0.6) is 11.5 Å². The molecule has 1 saturated heterocycles. The standard InChI is InChI=1S/C54H78N6O8S/c1-14-21-66-43-27-45(44(67-22-15-2)26-37(43)29-54(12,13)28-33(3)4)69(64,65)58-41-25-35(18-19-42(41)59-20-16-17-36(31-59)50(61)62)48-56-49-46(38(30-55)32-60(49)57-48)51(63)68-47-39(52(6,7)8)23-34(5)24-40(47)53(9,10)11/h18-19,25-27,32-34,36,39-40,47,58H,14-17,20-24,28-29,31H2,1-13H3,(H,56,57)(H,61,62). The van der Waals surface area contributed by atoms with E-state index in [0.717, 1.165) is 31.2 Å². The number of hydrogen-bond acceptors (Lipinski definition) is 10. The smallest absolute Gasteiger partial charge is 0.343 e. The van der Waals surface area contributed by atoms with E-state index >= 15 is 0 Å². The zero-order valence-electron chi connectivity index (χ0n) is 43.4. The number of aromatic nitrogens is 3. The highest BCUT2D eigenvalue weighted by Gasteiger charge is 2.48. The summed E-state index contributed by atoms with van der Waals surface area (Å²) in [5.41, 5.74) is 2.02. The van der Waals surface area contributed by atoms with Crippen molar-refractivity contribution in [3.05, 3.63) is 53.2 Å². The second-order valence-electron chi connectivity index (χ2n) is 23.2. The van der Waals surface area contributed by atoms with Crippen LogP contribution in [0.3, 0.4) is 0 Å². The van der Waals surface area contributed by atoms with Crippen molar-refractivity contribution in [2.45, 2.75) is 152 Å². The number of nitrogens with one attached hydrogen (secondary N) is 2. The lowest BCUT2D eigenvalue weighted by atomic mass is 9.59. The third-order valence-corrected chi connectivity index (χ3v) is 15.3. The molecule has 0 amide bonds. The van der Waals surface area contributed by atoms with Crippen LogP contribution in [-0.2, 0) is 26.0 Å². The van der Waals surface area contributed by atoms with E-state index < -0.39 is 27.9 Å². The third kappa shape index (κ3) is 12.4. The number of nitrogens with zero attached hydrogens (tertiary/aromatic N) is 4. The van der Waals surface area contributed by atoms with E-state index in [-0.39, 0.29) is 73.8 Å². The topological polar surface area (TPSA) is 188 Å². The highest BCUT2D eigenvalue weighted by atomic mass is 32.2. The van der Waals surface area contributed by atoms with Crippen molar-refractivity contribution in [1.82, 2.24) is 14.6 Å². The Kier molecular flexibility index (Phi) is 16.2. The maximum atomic E-state index is 15.0. The van der Waals surface area contributed by atoms with Crippen LogP contribution in [0, 0.1) is 57.2 Å². The number of hydrogen-bond donors (Lipinski definition) is 3. The molecule has 15 heteroatoms. The van der Waals surface area contributed by atoms with Gasteiger partial charge in [0, 0.05) is 42.8 Å². The van der Waals surface area contributed by atoms with Gasteiger partial charge in [0.15, 0.2) is 11.5 Å². The van der Waals surface area contributed by atoms with E-state index in [1.807, 2.05) is 24.8 Å². The van der Waals surface area contributed by atoms with Gasteiger partial charge in [0.25, 0.3) is 10.0 Å². The first kappa shape index (κ1) is 53.1. The van der Waals surface area contributed by atoms with E-state index in [1.54, 1.807) is 24.3 Å². The molecule has 1 saturated carbocycles. The molecule has 0 radical (unpaired) electrons. The summed E-state index contributed by atoms with van der Waals surface area (Å²) >= 11 is 0. The summed E-state index contributed by atoms with van der Waals surface area (Å²) in [5, 5.41) is 23.6. The van der Waals surface area contributed by atoms with Gasteiger partial charge < -0.3 is 24.2 Å². The fraction of sp³-hybridized carbons (Fsp3) is 0.630. The second kappa shape index (κ2) is 21.0. The van der Waals surface area contributed by atoms with E-state index in [0.29, 0.717) is 80.1 Å². The summed E-state index contributed by atoms with van der Waals surface area (Å²) in [4.78, 5) is 33.5. The number of ether oxygens (including phenoxy) is 3. The molecule has 1 aliphatic carbocycles. The number of sulfonamides is 1. The largest absolute Gasteiger partial charge is 0.493 e. The molecule has 2 aromatic carbocycles. The molecule has 3 unspecified atom stereocenters. The average molecular weight is 971 g/mol. The molecule has 2 fully saturated rings. The fourth-order valence-corrected chi connectivity index (χ4v) is 12.0. The predicted molar refractivity (Wildman–Crippen MR) is 272 cm³/mol. The first-order valence-electron chi connectivity index (χ1n) is 25.1. The quantitative estimate of drug-likeness (QED) is 0.0805. The lowest BCUT2D eigenvalue weighted by molar-refractivity contribution is -0.142. The van der Waals surface area contributed by atoms with Gasteiger partial charge in [-0.3, -0.25) is 14.6 Å². The number of aromatic amines is 1. The zero-order valence-corrected chi connectivity index (χ0v) is 44.2. The van der Waals surface area contributed by atoms with Crippen LogP contribution in [0.2, 0.25) is 0 Å². The minimum atomic E-state index is -4.41. The number of nitriles is 1. The van der Waals surface area contributed by atoms with Gasteiger partial charge in [0.1, 0.15) is 34.1 Å². The third-order valence-electron chi connectivity index (χ3n) is 13.9. The Morgan fingerprint density at radius 3 is 2.19 bits per heavy atom. The summed E-state index contributed by atoms with van der Waals surface area (Å²) in [7, 11) is -4.41. The van der Waals surface area contributed by atoms with Crippen LogP contribution in [0.25, 0.3) is 17.0 Å². The summed E-state index contributed by atoms with van der Waals surface area (Å²) in [6, 6.07) is 10.8. The minimum Gasteiger partial charge on any atom is -0.493 e. The molecule has 3 N–H and O–H groups in total. The molecule has 6 rings (SSSR count). The molecule has 69 heavy (non-hydrogen) atoms. The van der Waals surface area contributed by atoms with Gasteiger partial charge in [-0.05, 0) is 109 Å². The maximum Gasteiger partial charge on any atom is 0.343 e. The van der Waals surface area contributed by atoms with E-state index in [9.17, 15) is 28.4 Å². The number of rotatable bonds is 18. The Hall–Kier alpha value is -5.23. The molecule has 1 aliphatic heterocycles. The Morgan fingerprint density at radius 1 is 0.971 bits per heavy atom. The van der Waals surface area contributed by atoms with Gasteiger partial charge in [-0.1, -0.05) is 90.0 Å². The Labute approximate surface area is 410 Å². The van der Waals surface area contributed by atoms with Crippen molar-refractivity contribution < 1.29 is 37.3 Å². The minimum absolute atomic E-state index is 0.0567. The van der Waals surface area contributed by atoms with Gasteiger partial charge in [0.2, 0.25) is 0 Å². The monoisotopic (exact) mass is 971 g/mol. The maximum absolute atomic E-state index is 15.0. The molecule has 378 valence electrons. The van der Waals surface area contributed by atoms with Gasteiger partial charge in [-0.25, -0.2) is 22.7 Å². The number of H-pyrrole nitrogens is 1. The Bertz CT molecular complexity index is 2600. The molecular formula is C54H78N6O8S. The number of piperidine rings is 1. The molecule has 0 bridgehead atoms. The first-order valence-corrected chi connectivity index (χ1v) is 26.5. The summed E-state index contributed by atoms with van der Waals surface area (Å²) in [5.74, 6) is -0.0872. The average Bonchev–Trinajstić information content (AvgIpc) is 3.82. The van der Waals surface area contributed by atoms with Crippen LogP contribution in [-0.4, -0.2) is 72.5 Å². The number of benzene rings is 2. The van der Waals surface area contributed by atoms with Crippen molar-refractivity contribution in [3.63, 3.8) is 0 Å². The highest BCUT2D eigenvalue weighted by molar-refractivity contribution is 7.92. The van der Waals surface area contributed by atoms with Gasteiger partial charge >= 0.3 is 11.9 Å². The van der Waals surface area contributed by atoms with Crippen molar-refractivity contribution in [2.24, 2.45) is 45.8 Å². The van der Waals surface area contributed by atoms with Crippen molar-refractivity contribution >= 4 is 39.0 Å². The fourth-order valence-electron chi connectivity index (χ4n) is 10.8. The van der Waals surface area contributed by atoms with E-state index in [4.69, 9.17) is 19.2 Å². The van der Waals surface area contributed by atoms with Crippen LogP contribution in [0.15, 0.2) is 41.4 Å². The van der Waals surface area contributed by atoms with Crippen molar-refractivity contribution in [3.8, 4) is 29.0 Å². The Morgan fingerprint density at radius 2 is 1.61 bits per heavy atom. The number of anilines is 2. The number of esters is 1. The van der Waals surface area contributed by atoms with Crippen LogP contribution in [0.4, 0.5) is 11.4 Å². The van der Waals surface area contributed by atoms with Crippen LogP contribution >= 0.6 is 0 Å². The summed E-state index contributed by atoms with van der Waals surface area (Å²) in [6.07, 6.45) is 7.05. The second-order valence-corrected chi connectivity index (χ2v) is 24.8. The van der Waals surface area contributed by atoms with Crippen molar-refractivity contribution in [2.75, 3.05) is 35.9 Å². The molecule has 4 aromatic rings.